The molecule has 0 radical (unpaired) electrons. The first-order valence-corrected chi connectivity index (χ1v) is 11.6. The molecule has 1 saturated carbocycles. The summed E-state index contributed by atoms with van der Waals surface area (Å²) >= 11 is 1.98. The maximum atomic E-state index is 2.58. The van der Waals surface area contributed by atoms with Gasteiger partial charge in [-0.25, -0.2) is 0 Å². The molecule has 0 bridgehead atoms. The minimum absolute atomic E-state index is 0.968. The second-order valence-corrected chi connectivity index (χ2v) is 9.34. The summed E-state index contributed by atoms with van der Waals surface area (Å²) in [5, 5.41) is 0. The average molecular weight is 357 g/mol. The summed E-state index contributed by atoms with van der Waals surface area (Å²) in [5.74, 6) is 3.03. The van der Waals surface area contributed by atoms with E-state index in [9.17, 15) is 0 Å². The lowest BCUT2D eigenvalue weighted by atomic mass is 9.71. The number of hydrogen-bond donors (Lipinski definition) is 0. The molecule has 1 unspecified atom stereocenters. The Bertz CT molecular complexity index is 569. The van der Waals surface area contributed by atoms with Gasteiger partial charge in [-0.2, -0.15) is 0 Å². The molecule has 3 rings (SSSR count). The first kappa shape index (κ1) is 19.0. The van der Waals surface area contributed by atoms with Crippen LogP contribution >= 0.6 is 11.3 Å². The van der Waals surface area contributed by atoms with Crippen LogP contribution in [0.1, 0.15) is 94.2 Å². The number of thiophene rings is 1. The maximum absolute atomic E-state index is 2.58. The third kappa shape index (κ3) is 5.33. The quantitative estimate of drug-likeness (QED) is 0.460. The van der Waals surface area contributed by atoms with Crippen molar-refractivity contribution < 1.29 is 0 Å². The average Bonchev–Trinajstić information content (AvgIpc) is 3.12. The molecule has 1 heterocycles. The zero-order valence-electron chi connectivity index (χ0n) is 16.3. The van der Waals surface area contributed by atoms with Gasteiger partial charge in [-0.3, -0.25) is 0 Å². The molecule has 1 aromatic rings. The molecule has 1 atom stereocenters. The largest absolute Gasteiger partial charge is 0.136 e. The predicted molar refractivity (Wildman–Crippen MR) is 114 cm³/mol. The van der Waals surface area contributed by atoms with E-state index in [0.717, 1.165) is 17.8 Å². The summed E-state index contributed by atoms with van der Waals surface area (Å²) in [6.07, 6.45) is 22.5. The Hall–Kier alpha value is -0.820. The van der Waals surface area contributed by atoms with Gasteiger partial charge in [0.05, 0.1) is 0 Å². The van der Waals surface area contributed by atoms with E-state index in [1.165, 1.54) is 80.4 Å². The van der Waals surface area contributed by atoms with E-state index in [4.69, 9.17) is 0 Å². The molecule has 0 spiro atoms. The minimum Gasteiger partial charge on any atom is -0.136 e. The highest BCUT2D eigenvalue weighted by atomic mass is 32.1. The summed E-state index contributed by atoms with van der Waals surface area (Å²) in [5.41, 5.74) is 1.62. The van der Waals surface area contributed by atoms with Crippen molar-refractivity contribution in [3.8, 4) is 0 Å². The SMILES string of the molecule is CCC/C=C/c1ccc(C2=CCC(C3CCC(CCC)CC3)CC2)s1. The molecule has 1 aromatic heterocycles. The molecule has 1 fully saturated rings. The highest BCUT2D eigenvalue weighted by Gasteiger charge is 2.28. The molecule has 1 heteroatoms. The third-order valence-corrected chi connectivity index (χ3v) is 7.51. The van der Waals surface area contributed by atoms with E-state index in [-0.39, 0.29) is 0 Å². The van der Waals surface area contributed by atoms with Crippen molar-refractivity contribution in [2.75, 3.05) is 0 Å². The summed E-state index contributed by atoms with van der Waals surface area (Å²) in [6.45, 7) is 4.58. The predicted octanol–water partition coefficient (Wildman–Crippen LogP) is 8.35. The van der Waals surface area contributed by atoms with Gasteiger partial charge in [-0.1, -0.05) is 58.1 Å². The standard InChI is InChI=1S/C24H36S/c1-3-5-6-8-23-17-18-24(25-23)22-15-13-21(14-16-22)20-11-9-19(7-4-2)10-12-20/h6,8,15,17-21H,3-5,7,9-14,16H2,1-2H3/b8-6+. The van der Waals surface area contributed by atoms with E-state index >= 15 is 0 Å². The van der Waals surface area contributed by atoms with Crippen molar-refractivity contribution in [3.63, 3.8) is 0 Å². The number of unbranched alkanes of at least 4 members (excludes halogenated alkanes) is 1. The maximum Gasteiger partial charge on any atom is 0.0305 e. The van der Waals surface area contributed by atoms with Crippen molar-refractivity contribution in [1.82, 2.24) is 0 Å². The first-order chi connectivity index (χ1) is 12.3. The Morgan fingerprint density at radius 3 is 2.52 bits per heavy atom. The van der Waals surface area contributed by atoms with Gasteiger partial charge < -0.3 is 0 Å². The van der Waals surface area contributed by atoms with Crippen molar-refractivity contribution in [1.29, 1.82) is 0 Å². The second-order valence-electron chi connectivity index (χ2n) is 8.23. The van der Waals surface area contributed by atoms with E-state index in [1.54, 1.807) is 5.57 Å². The van der Waals surface area contributed by atoms with Crippen LogP contribution in [0.2, 0.25) is 0 Å². The van der Waals surface area contributed by atoms with Gasteiger partial charge in [0.25, 0.3) is 0 Å². The van der Waals surface area contributed by atoms with Crippen molar-refractivity contribution >= 4 is 23.0 Å². The summed E-state index contributed by atoms with van der Waals surface area (Å²) in [6, 6.07) is 4.65. The van der Waals surface area contributed by atoms with Crippen molar-refractivity contribution in [3.05, 3.63) is 34.0 Å². The summed E-state index contributed by atoms with van der Waals surface area (Å²) < 4.78 is 0. The van der Waals surface area contributed by atoms with Gasteiger partial charge in [-0.05, 0) is 80.1 Å². The fraction of sp³-hybridized carbons (Fsp3) is 0.667. The van der Waals surface area contributed by atoms with Crippen LogP contribution in [0.3, 0.4) is 0 Å². The van der Waals surface area contributed by atoms with Gasteiger partial charge in [0.15, 0.2) is 0 Å². The van der Waals surface area contributed by atoms with E-state index in [2.05, 4.69) is 44.2 Å². The molecule has 0 nitrogen and oxygen atoms in total. The van der Waals surface area contributed by atoms with Crippen LogP contribution in [0.25, 0.3) is 11.6 Å². The Kier molecular flexibility index (Phi) is 7.40. The molecule has 138 valence electrons. The van der Waals surface area contributed by atoms with Gasteiger partial charge >= 0.3 is 0 Å². The van der Waals surface area contributed by atoms with E-state index in [1.807, 2.05) is 11.3 Å². The molecule has 0 N–H and O–H groups in total. The van der Waals surface area contributed by atoms with Crippen LogP contribution in [0.15, 0.2) is 24.3 Å². The Morgan fingerprint density at radius 1 is 1.00 bits per heavy atom. The Balaban J connectivity index is 1.51. The van der Waals surface area contributed by atoms with Crippen LogP contribution < -0.4 is 0 Å². The number of allylic oxidation sites excluding steroid dienone is 3. The summed E-state index contributed by atoms with van der Waals surface area (Å²) in [7, 11) is 0. The van der Waals surface area contributed by atoms with Crippen molar-refractivity contribution in [2.24, 2.45) is 17.8 Å². The smallest absolute Gasteiger partial charge is 0.0305 e. The molecule has 25 heavy (non-hydrogen) atoms. The number of hydrogen-bond acceptors (Lipinski definition) is 1. The normalized spacial score (nSPS) is 27.6. The highest BCUT2D eigenvalue weighted by Crippen LogP contribution is 2.42. The van der Waals surface area contributed by atoms with Crippen LogP contribution in [-0.2, 0) is 0 Å². The fourth-order valence-corrected chi connectivity index (χ4v) is 5.85. The van der Waals surface area contributed by atoms with Gasteiger partial charge in [0.2, 0.25) is 0 Å². The molecule has 2 aliphatic carbocycles. The molecular weight excluding hydrogens is 320 g/mol. The minimum atomic E-state index is 0.968. The topological polar surface area (TPSA) is 0 Å². The van der Waals surface area contributed by atoms with Crippen LogP contribution in [0, 0.1) is 17.8 Å². The zero-order valence-corrected chi connectivity index (χ0v) is 17.1. The van der Waals surface area contributed by atoms with Gasteiger partial charge in [-0.15, -0.1) is 11.3 Å². The van der Waals surface area contributed by atoms with Crippen LogP contribution in [0.5, 0.6) is 0 Å². The lowest BCUT2D eigenvalue weighted by Crippen LogP contribution is -2.23. The Labute approximate surface area is 159 Å². The molecule has 0 aliphatic heterocycles. The summed E-state index contributed by atoms with van der Waals surface area (Å²) in [4.78, 5) is 2.93. The monoisotopic (exact) mass is 356 g/mol. The molecular formula is C24H36S. The molecule has 0 saturated heterocycles. The van der Waals surface area contributed by atoms with Crippen molar-refractivity contribution in [2.45, 2.75) is 84.5 Å². The van der Waals surface area contributed by atoms with Gasteiger partial charge in [0.1, 0.15) is 0 Å². The van der Waals surface area contributed by atoms with E-state index in [0.29, 0.717) is 0 Å². The molecule has 0 amide bonds. The molecule has 2 aliphatic rings. The molecule has 0 aromatic carbocycles. The lowest BCUT2D eigenvalue weighted by Gasteiger charge is -2.35. The fourth-order valence-electron chi connectivity index (χ4n) is 4.84. The first-order valence-electron chi connectivity index (χ1n) is 10.8. The van der Waals surface area contributed by atoms with Crippen LogP contribution in [0.4, 0.5) is 0 Å². The van der Waals surface area contributed by atoms with E-state index < -0.39 is 0 Å². The zero-order chi connectivity index (χ0) is 17.5. The van der Waals surface area contributed by atoms with Gasteiger partial charge in [0, 0.05) is 9.75 Å². The Morgan fingerprint density at radius 2 is 1.84 bits per heavy atom. The lowest BCUT2D eigenvalue weighted by molar-refractivity contribution is 0.189. The van der Waals surface area contributed by atoms with Crippen LogP contribution in [-0.4, -0.2) is 0 Å². The number of rotatable bonds is 7. The second kappa shape index (κ2) is 9.76. The highest BCUT2D eigenvalue weighted by molar-refractivity contribution is 7.14. The third-order valence-electron chi connectivity index (χ3n) is 6.39.